The van der Waals surface area contributed by atoms with Gasteiger partial charge in [0.1, 0.15) is 41.9 Å². The molecule has 3 heterocycles. The van der Waals surface area contributed by atoms with Crippen LogP contribution < -0.4 is 15.3 Å². The maximum atomic E-state index is 14.5. The molecule has 3 aromatic rings. The molecule has 0 radical (unpaired) electrons. The number of fused-ring (bicyclic) bond motifs is 1. The zero-order valence-electron chi connectivity index (χ0n) is 31.8. The van der Waals surface area contributed by atoms with Gasteiger partial charge in [-0.2, -0.15) is 10.2 Å². The molecule has 17 heteroatoms. The van der Waals surface area contributed by atoms with Gasteiger partial charge >= 0.3 is 25.7 Å². The van der Waals surface area contributed by atoms with E-state index in [2.05, 4.69) is 15.2 Å². The first-order chi connectivity index (χ1) is 24.9. The summed E-state index contributed by atoms with van der Waals surface area (Å²) in [5.41, 5.74) is 4.74. The van der Waals surface area contributed by atoms with E-state index in [0.29, 0.717) is 11.2 Å². The van der Waals surface area contributed by atoms with Crippen molar-refractivity contribution in [3.63, 3.8) is 0 Å². The van der Waals surface area contributed by atoms with Crippen LogP contribution in [0.25, 0.3) is 5.52 Å². The van der Waals surface area contributed by atoms with Gasteiger partial charge in [0.25, 0.3) is 0 Å². The van der Waals surface area contributed by atoms with E-state index in [9.17, 15) is 18.9 Å². The van der Waals surface area contributed by atoms with E-state index < -0.39 is 67.8 Å². The molecule has 2 aromatic heterocycles. The number of methoxy groups -OCH3 is 1. The average Bonchev–Trinajstić information content (AvgIpc) is 3.63. The molecule has 1 aromatic carbocycles. The summed E-state index contributed by atoms with van der Waals surface area (Å²) in [6, 6.07) is 10.4. The fourth-order valence-electron chi connectivity index (χ4n) is 5.59. The SMILES string of the molecule is COC(C)(C)COC(=O)[C@H](C)N[P@](=O)(OC[C@H]1O[C@@](C)(c2ccc3c(N)ncnn23)[C@H](OC(=O)CC(C)C)[C@@H]1OC(=O)CC(C)C)Oc1ccccc1. The molecule has 0 amide bonds. The van der Waals surface area contributed by atoms with Gasteiger partial charge < -0.3 is 33.9 Å². The molecule has 1 fully saturated rings. The number of anilines is 1. The number of carbonyl (C=O) groups is 3. The van der Waals surface area contributed by atoms with Crippen molar-refractivity contribution >= 4 is 37.0 Å². The van der Waals surface area contributed by atoms with Crippen molar-refractivity contribution in [2.45, 2.75) is 104 Å². The topological polar surface area (TPSA) is 201 Å². The smallest absolute Gasteiger partial charge is 0.459 e. The molecule has 4 rings (SSSR count). The highest BCUT2D eigenvalue weighted by Crippen LogP contribution is 2.48. The highest BCUT2D eigenvalue weighted by Gasteiger charge is 2.59. The minimum atomic E-state index is -4.42. The van der Waals surface area contributed by atoms with E-state index >= 15 is 0 Å². The molecule has 53 heavy (non-hydrogen) atoms. The summed E-state index contributed by atoms with van der Waals surface area (Å²) in [5.74, 6) is -1.58. The number of nitrogens with two attached hydrogens (primary N) is 1. The van der Waals surface area contributed by atoms with E-state index in [0.717, 1.165) is 0 Å². The van der Waals surface area contributed by atoms with Crippen LogP contribution in [-0.4, -0.2) is 82.8 Å². The second-order valence-electron chi connectivity index (χ2n) is 14.6. The number of ether oxygens (including phenoxy) is 5. The van der Waals surface area contributed by atoms with Gasteiger partial charge in [0, 0.05) is 20.0 Å². The number of nitrogens with zero attached hydrogens (tertiary/aromatic N) is 3. The van der Waals surface area contributed by atoms with Crippen LogP contribution in [0.3, 0.4) is 0 Å². The van der Waals surface area contributed by atoms with Crippen molar-refractivity contribution in [3.05, 3.63) is 54.5 Å². The summed E-state index contributed by atoms with van der Waals surface area (Å²) in [6.07, 6.45) is -2.26. The maximum Gasteiger partial charge on any atom is 0.459 e. The standard InChI is InChI=1S/C36H52N5O11P/c1-22(2)17-29(42)49-31-27(19-48-53(45,52-25-13-11-10-12-14-25)40-24(5)34(44)47-20-35(6,7)46-9)51-36(8,32(31)50-30(43)18-23(3)4)28-16-15-26-33(37)38-21-39-41(26)28/h10-16,21-24,27,31-32H,17-20H2,1-9H3,(H,40,45)(H2,37,38,39)/t24-,27+,31+,32+,36-,53-/m0/s1. The number of para-hydroxylation sites is 1. The van der Waals surface area contributed by atoms with Gasteiger partial charge in [-0.3, -0.25) is 18.9 Å². The van der Waals surface area contributed by atoms with Crippen LogP contribution in [0.4, 0.5) is 5.82 Å². The third-order valence-corrected chi connectivity index (χ3v) is 10.1. The van der Waals surface area contributed by atoms with Crippen molar-refractivity contribution in [3.8, 4) is 5.75 Å². The normalized spacial score (nSPS) is 22.1. The number of benzene rings is 1. The molecule has 1 saturated heterocycles. The minimum absolute atomic E-state index is 0.0415. The Morgan fingerprint density at radius 2 is 1.66 bits per heavy atom. The third kappa shape index (κ3) is 10.8. The number of aromatic nitrogens is 3. The predicted molar refractivity (Wildman–Crippen MR) is 194 cm³/mol. The molecule has 0 spiro atoms. The summed E-state index contributed by atoms with van der Waals surface area (Å²) in [6.45, 7) is 13.5. The Bertz CT molecular complexity index is 1770. The monoisotopic (exact) mass is 761 g/mol. The number of esters is 3. The molecule has 0 unspecified atom stereocenters. The number of hydrogen-bond acceptors (Lipinski definition) is 14. The lowest BCUT2D eigenvalue weighted by Gasteiger charge is -2.31. The Kier molecular flexibility index (Phi) is 13.7. The fourth-order valence-corrected chi connectivity index (χ4v) is 7.10. The summed E-state index contributed by atoms with van der Waals surface area (Å²) >= 11 is 0. The van der Waals surface area contributed by atoms with Crippen LogP contribution in [0.15, 0.2) is 48.8 Å². The molecule has 0 aliphatic carbocycles. The number of nitrogen functional groups attached to an aromatic ring is 1. The Labute approximate surface area is 309 Å². The van der Waals surface area contributed by atoms with Crippen LogP contribution in [0.2, 0.25) is 0 Å². The van der Waals surface area contributed by atoms with E-state index in [1.807, 2.05) is 27.7 Å². The van der Waals surface area contributed by atoms with E-state index in [1.165, 1.54) is 24.9 Å². The van der Waals surface area contributed by atoms with Crippen molar-refractivity contribution in [1.29, 1.82) is 0 Å². The van der Waals surface area contributed by atoms with Crippen LogP contribution in [0, 0.1) is 11.8 Å². The van der Waals surface area contributed by atoms with Gasteiger partial charge in [-0.15, -0.1) is 0 Å². The van der Waals surface area contributed by atoms with Gasteiger partial charge in [0.2, 0.25) is 0 Å². The lowest BCUT2D eigenvalue weighted by Crippen LogP contribution is -2.45. The predicted octanol–water partition coefficient (Wildman–Crippen LogP) is 4.99. The lowest BCUT2D eigenvalue weighted by molar-refractivity contribution is -0.172. The summed E-state index contributed by atoms with van der Waals surface area (Å²) in [4.78, 5) is 43.7. The Morgan fingerprint density at radius 3 is 2.28 bits per heavy atom. The van der Waals surface area contributed by atoms with Gasteiger partial charge in [-0.1, -0.05) is 45.9 Å². The van der Waals surface area contributed by atoms with Crippen molar-refractivity contribution < 1.29 is 51.7 Å². The molecular weight excluding hydrogens is 709 g/mol. The third-order valence-electron chi connectivity index (χ3n) is 8.47. The largest absolute Gasteiger partial charge is 0.461 e. The fraction of sp³-hybridized carbons (Fsp3) is 0.583. The Hall–Kier alpha value is -4.08. The summed E-state index contributed by atoms with van der Waals surface area (Å²) in [5, 5.41) is 7.02. The van der Waals surface area contributed by atoms with Crippen molar-refractivity contribution in [2.24, 2.45) is 11.8 Å². The van der Waals surface area contributed by atoms with Gasteiger partial charge in [0.15, 0.2) is 18.0 Å². The Balaban J connectivity index is 1.72. The molecule has 0 saturated carbocycles. The average molecular weight is 762 g/mol. The number of rotatable bonds is 18. The lowest BCUT2D eigenvalue weighted by atomic mass is 9.92. The number of carbonyl (C=O) groups excluding carboxylic acids is 3. The first kappa shape index (κ1) is 41.7. The quantitative estimate of drug-likeness (QED) is 0.0997. The molecule has 292 valence electrons. The highest BCUT2D eigenvalue weighted by molar-refractivity contribution is 7.52. The molecule has 1 aliphatic rings. The summed E-state index contributed by atoms with van der Waals surface area (Å²) < 4.78 is 57.4. The first-order valence-electron chi connectivity index (χ1n) is 17.5. The molecule has 3 N–H and O–H groups in total. The maximum absolute atomic E-state index is 14.5. The zero-order valence-corrected chi connectivity index (χ0v) is 32.7. The van der Waals surface area contributed by atoms with Gasteiger partial charge in [-0.05, 0) is 63.8 Å². The second-order valence-corrected chi connectivity index (χ2v) is 16.3. The minimum Gasteiger partial charge on any atom is -0.461 e. The second kappa shape index (κ2) is 17.4. The van der Waals surface area contributed by atoms with Crippen molar-refractivity contribution in [2.75, 3.05) is 26.1 Å². The van der Waals surface area contributed by atoms with E-state index in [4.69, 9.17) is 38.5 Å². The summed E-state index contributed by atoms with van der Waals surface area (Å²) in [7, 11) is -2.93. The van der Waals surface area contributed by atoms with Crippen LogP contribution >= 0.6 is 7.75 Å². The van der Waals surface area contributed by atoms with Crippen LogP contribution in [0.5, 0.6) is 5.75 Å². The molecule has 16 nitrogen and oxygen atoms in total. The molecule has 1 aliphatic heterocycles. The molecule has 0 bridgehead atoms. The zero-order chi connectivity index (χ0) is 39.1. The molecular formula is C36H52N5O11P. The van der Waals surface area contributed by atoms with E-state index in [-0.39, 0.29) is 42.9 Å². The first-order valence-corrected chi connectivity index (χ1v) is 19.0. The van der Waals surface area contributed by atoms with Crippen molar-refractivity contribution in [1.82, 2.24) is 19.7 Å². The van der Waals surface area contributed by atoms with E-state index in [1.54, 1.807) is 63.2 Å². The number of hydrogen-bond donors (Lipinski definition) is 2. The molecule has 6 atom stereocenters. The Morgan fingerprint density at radius 1 is 1.02 bits per heavy atom. The van der Waals surface area contributed by atoms with Gasteiger partial charge in [-0.25, -0.2) is 14.1 Å². The van der Waals surface area contributed by atoms with Crippen LogP contribution in [0.1, 0.15) is 73.9 Å². The highest BCUT2D eigenvalue weighted by atomic mass is 31.2. The van der Waals surface area contributed by atoms with Gasteiger partial charge in [0.05, 0.1) is 17.9 Å². The number of nitrogens with one attached hydrogen (secondary N) is 1. The van der Waals surface area contributed by atoms with Crippen LogP contribution in [-0.2, 0) is 52.8 Å².